The lowest BCUT2D eigenvalue weighted by Gasteiger charge is -2.16. The van der Waals surface area contributed by atoms with Crippen LogP contribution in [0.3, 0.4) is 0 Å². The zero-order valence-electron chi connectivity index (χ0n) is 13.0. The van der Waals surface area contributed by atoms with Crippen LogP contribution in [0.4, 0.5) is 5.69 Å². The Kier molecular flexibility index (Phi) is 3.78. The number of carbonyl (C=O) groups is 1. The van der Waals surface area contributed by atoms with E-state index >= 15 is 0 Å². The van der Waals surface area contributed by atoms with Crippen molar-refractivity contribution in [3.8, 4) is 16.5 Å². The molecule has 3 aromatic rings. The van der Waals surface area contributed by atoms with Crippen LogP contribution in [-0.4, -0.2) is 29.7 Å². The van der Waals surface area contributed by atoms with E-state index in [-0.39, 0.29) is 11.8 Å². The van der Waals surface area contributed by atoms with Crippen LogP contribution >= 0.6 is 11.3 Å². The van der Waals surface area contributed by atoms with E-state index in [0.717, 1.165) is 16.3 Å². The molecule has 0 saturated carbocycles. The predicted molar refractivity (Wildman–Crippen MR) is 90.3 cm³/mol. The molecule has 2 aromatic heterocycles. The Morgan fingerprint density at radius 1 is 1.29 bits per heavy atom. The van der Waals surface area contributed by atoms with E-state index in [2.05, 4.69) is 10.1 Å². The molecule has 0 radical (unpaired) electrons. The van der Waals surface area contributed by atoms with Crippen molar-refractivity contribution in [2.45, 2.75) is 12.3 Å². The Morgan fingerprint density at radius 2 is 2.12 bits per heavy atom. The predicted octanol–water partition coefficient (Wildman–Crippen LogP) is 3.33. The molecule has 0 aliphatic carbocycles. The third kappa shape index (κ3) is 2.67. The van der Waals surface area contributed by atoms with Gasteiger partial charge in [-0.2, -0.15) is 4.98 Å². The number of anilines is 1. The SMILES string of the molecule is COc1ccc(N2C[C@@H](c3nc(-c4cccs4)no3)CC2=O)cc1. The number of nitrogens with zero attached hydrogens (tertiary/aromatic N) is 3. The molecule has 1 aromatic carbocycles. The smallest absolute Gasteiger partial charge is 0.232 e. The maximum Gasteiger partial charge on any atom is 0.232 e. The number of ether oxygens (including phenoxy) is 1. The fraction of sp³-hybridized carbons (Fsp3) is 0.235. The molecular weight excluding hydrogens is 326 g/mol. The van der Waals surface area contributed by atoms with Gasteiger partial charge in [0.05, 0.1) is 17.9 Å². The Morgan fingerprint density at radius 3 is 2.83 bits per heavy atom. The fourth-order valence-corrected chi connectivity index (χ4v) is 3.44. The molecule has 6 nitrogen and oxygen atoms in total. The third-order valence-electron chi connectivity index (χ3n) is 4.04. The van der Waals surface area contributed by atoms with Gasteiger partial charge in [-0.1, -0.05) is 11.2 Å². The lowest BCUT2D eigenvalue weighted by molar-refractivity contribution is -0.117. The Bertz CT molecular complexity index is 842. The normalized spacial score (nSPS) is 17.5. The quantitative estimate of drug-likeness (QED) is 0.728. The number of hydrogen-bond acceptors (Lipinski definition) is 6. The van der Waals surface area contributed by atoms with Gasteiger partial charge in [-0.05, 0) is 35.7 Å². The molecule has 0 unspecified atom stereocenters. The van der Waals surface area contributed by atoms with Crippen molar-refractivity contribution < 1.29 is 14.1 Å². The van der Waals surface area contributed by atoms with Crippen LogP contribution in [0, 0.1) is 0 Å². The highest BCUT2D eigenvalue weighted by molar-refractivity contribution is 7.13. The fourth-order valence-electron chi connectivity index (χ4n) is 2.79. The highest BCUT2D eigenvalue weighted by Gasteiger charge is 2.35. The first-order valence-electron chi connectivity index (χ1n) is 7.56. The van der Waals surface area contributed by atoms with Gasteiger partial charge in [0.15, 0.2) is 0 Å². The van der Waals surface area contributed by atoms with Crippen molar-refractivity contribution in [2.75, 3.05) is 18.6 Å². The Balaban J connectivity index is 1.53. The average molecular weight is 341 g/mol. The van der Waals surface area contributed by atoms with Crippen molar-refractivity contribution >= 4 is 22.9 Å². The molecule has 4 rings (SSSR count). The van der Waals surface area contributed by atoms with Gasteiger partial charge >= 0.3 is 0 Å². The minimum atomic E-state index is -0.0826. The Labute approximate surface area is 142 Å². The zero-order valence-corrected chi connectivity index (χ0v) is 13.8. The third-order valence-corrected chi connectivity index (χ3v) is 4.91. The van der Waals surface area contributed by atoms with Crippen LogP contribution in [0.1, 0.15) is 18.2 Å². The average Bonchev–Trinajstić information content (AvgIpc) is 3.34. The van der Waals surface area contributed by atoms with Crippen LogP contribution in [0.2, 0.25) is 0 Å². The van der Waals surface area contributed by atoms with Gasteiger partial charge in [0.1, 0.15) is 5.75 Å². The molecule has 122 valence electrons. The van der Waals surface area contributed by atoms with Crippen molar-refractivity contribution in [1.82, 2.24) is 10.1 Å². The summed E-state index contributed by atoms with van der Waals surface area (Å²) in [6, 6.07) is 11.3. The number of amides is 1. The van der Waals surface area contributed by atoms with E-state index in [4.69, 9.17) is 9.26 Å². The maximum atomic E-state index is 12.4. The number of rotatable bonds is 4. The number of hydrogen-bond donors (Lipinski definition) is 0. The summed E-state index contributed by atoms with van der Waals surface area (Å²) in [5.74, 6) is 1.83. The van der Waals surface area contributed by atoms with E-state index in [1.807, 2.05) is 41.8 Å². The van der Waals surface area contributed by atoms with Crippen LogP contribution < -0.4 is 9.64 Å². The van der Waals surface area contributed by atoms with Crippen LogP contribution in [0.25, 0.3) is 10.7 Å². The molecule has 1 aliphatic rings. The zero-order chi connectivity index (χ0) is 16.5. The second kappa shape index (κ2) is 6.09. The number of methoxy groups -OCH3 is 1. The van der Waals surface area contributed by atoms with Crippen LogP contribution in [0.15, 0.2) is 46.3 Å². The van der Waals surface area contributed by atoms with Crippen molar-refractivity contribution in [1.29, 1.82) is 0 Å². The molecule has 0 spiro atoms. The maximum absolute atomic E-state index is 12.4. The number of carbonyl (C=O) groups excluding carboxylic acids is 1. The van der Waals surface area contributed by atoms with Gasteiger partial charge in [0.2, 0.25) is 17.6 Å². The summed E-state index contributed by atoms with van der Waals surface area (Å²) in [6.07, 6.45) is 0.373. The lowest BCUT2D eigenvalue weighted by atomic mass is 10.1. The van der Waals surface area contributed by atoms with Gasteiger partial charge in [-0.3, -0.25) is 4.79 Å². The first kappa shape index (κ1) is 14.9. The van der Waals surface area contributed by atoms with Gasteiger partial charge in [-0.15, -0.1) is 11.3 Å². The summed E-state index contributed by atoms with van der Waals surface area (Å²) in [6.45, 7) is 0.539. The summed E-state index contributed by atoms with van der Waals surface area (Å²) in [4.78, 5) is 19.5. The number of aromatic nitrogens is 2. The molecule has 1 fully saturated rings. The molecule has 0 bridgehead atoms. The van der Waals surface area contributed by atoms with Crippen molar-refractivity contribution in [3.63, 3.8) is 0 Å². The second-order valence-electron chi connectivity index (χ2n) is 5.54. The van der Waals surface area contributed by atoms with E-state index < -0.39 is 0 Å². The van der Waals surface area contributed by atoms with Gasteiger partial charge in [0.25, 0.3) is 0 Å². The molecule has 1 saturated heterocycles. The molecule has 0 N–H and O–H groups in total. The summed E-state index contributed by atoms with van der Waals surface area (Å²) in [5, 5.41) is 5.99. The van der Waals surface area contributed by atoms with Crippen molar-refractivity contribution in [3.05, 3.63) is 47.7 Å². The highest BCUT2D eigenvalue weighted by Crippen LogP contribution is 2.33. The number of thiophene rings is 1. The van der Waals surface area contributed by atoms with E-state index in [0.29, 0.717) is 24.7 Å². The largest absolute Gasteiger partial charge is 0.497 e. The minimum absolute atomic E-state index is 0.0565. The summed E-state index contributed by atoms with van der Waals surface area (Å²) in [5.41, 5.74) is 0.848. The monoisotopic (exact) mass is 341 g/mol. The highest BCUT2D eigenvalue weighted by atomic mass is 32.1. The second-order valence-corrected chi connectivity index (χ2v) is 6.48. The van der Waals surface area contributed by atoms with E-state index in [9.17, 15) is 4.79 Å². The molecule has 1 aliphatic heterocycles. The molecular formula is C17H15N3O3S. The topological polar surface area (TPSA) is 68.5 Å². The van der Waals surface area contributed by atoms with E-state index in [1.54, 1.807) is 23.3 Å². The van der Waals surface area contributed by atoms with Gasteiger partial charge in [0, 0.05) is 18.7 Å². The first-order chi connectivity index (χ1) is 11.7. The Hall–Kier alpha value is -2.67. The van der Waals surface area contributed by atoms with Gasteiger partial charge in [-0.25, -0.2) is 0 Å². The number of benzene rings is 1. The first-order valence-corrected chi connectivity index (χ1v) is 8.44. The lowest BCUT2D eigenvalue weighted by Crippen LogP contribution is -2.24. The molecule has 24 heavy (non-hydrogen) atoms. The van der Waals surface area contributed by atoms with Crippen LogP contribution in [0.5, 0.6) is 5.75 Å². The van der Waals surface area contributed by atoms with Crippen molar-refractivity contribution in [2.24, 2.45) is 0 Å². The van der Waals surface area contributed by atoms with Gasteiger partial charge < -0.3 is 14.2 Å². The molecule has 1 atom stereocenters. The summed E-state index contributed by atoms with van der Waals surface area (Å²) >= 11 is 1.56. The summed E-state index contributed by atoms with van der Waals surface area (Å²) < 4.78 is 10.5. The summed E-state index contributed by atoms with van der Waals surface area (Å²) in [7, 11) is 1.62. The van der Waals surface area contributed by atoms with E-state index in [1.165, 1.54) is 0 Å². The molecule has 1 amide bonds. The molecule has 3 heterocycles. The molecule has 7 heteroatoms. The standard InChI is InChI=1S/C17H15N3O3S/c1-22-13-6-4-12(5-7-13)20-10-11(9-15(20)21)17-18-16(19-23-17)14-3-2-8-24-14/h2-8,11H,9-10H2,1H3/t11-/m0/s1. The minimum Gasteiger partial charge on any atom is -0.497 e. The van der Waals surface area contributed by atoms with Crippen LogP contribution in [-0.2, 0) is 4.79 Å².